The minimum atomic E-state index is -0.595. The third-order valence-electron chi connectivity index (χ3n) is 3.67. The number of anilines is 1. The average molecular weight is 352 g/mol. The molecule has 1 aromatic heterocycles. The van der Waals surface area contributed by atoms with Gasteiger partial charge >= 0.3 is 0 Å². The summed E-state index contributed by atoms with van der Waals surface area (Å²) in [5.74, 6) is -1.18. The van der Waals surface area contributed by atoms with Gasteiger partial charge in [0.05, 0.1) is 22.5 Å². The van der Waals surface area contributed by atoms with Gasteiger partial charge in [-0.3, -0.25) is 4.68 Å². The maximum absolute atomic E-state index is 14.2. The third kappa shape index (κ3) is 3.39. The molecule has 1 atom stereocenters. The van der Waals surface area contributed by atoms with Crippen LogP contribution in [0.15, 0.2) is 41.8 Å². The van der Waals surface area contributed by atoms with Crippen LogP contribution in [0.3, 0.4) is 0 Å². The summed E-state index contributed by atoms with van der Waals surface area (Å²) in [6, 6.07) is 3.85. The van der Waals surface area contributed by atoms with Gasteiger partial charge in [-0.2, -0.15) is 5.10 Å². The number of thioether (sulfide) groups is 1. The lowest BCUT2D eigenvalue weighted by molar-refractivity contribution is 0.189. The van der Waals surface area contributed by atoms with Crippen LogP contribution in [-0.4, -0.2) is 23.5 Å². The number of rotatable bonds is 6. The van der Waals surface area contributed by atoms with E-state index in [0.29, 0.717) is 18.2 Å². The predicted molar refractivity (Wildman–Crippen MR) is 90.2 cm³/mol. The number of hydrogen-bond donors (Lipinski definition) is 1. The zero-order valence-corrected chi connectivity index (χ0v) is 14.0. The molecule has 8 heteroatoms. The van der Waals surface area contributed by atoms with Crippen LogP contribution in [0, 0.1) is 11.6 Å². The van der Waals surface area contributed by atoms with E-state index in [2.05, 4.69) is 5.10 Å². The van der Waals surface area contributed by atoms with Crippen molar-refractivity contribution in [2.45, 2.75) is 18.3 Å². The van der Waals surface area contributed by atoms with Gasteiger partial charge in [0.25, 0.3) is 0 Å². The Hall–Kier alpha value is -2.06. The second-order valence-corrected chi connectivity index (χ2v) is 6.51. The maximum atomic E-state index is 14.2. The smallest absolute Gasteiger partial charge is 0.132 e. The zero-order valence-electron chi connectivity index (χ0n) is 13.2. The Kier molecular flexibility index (Phi) is 5.06. The molecule has 0 spiro atoms. The van der Waals surface area contributed by atoms with E-state index in [1.807, 2.05) is 6.20 Å². The molecule has 0 amide bonds. The molecule has 0 aliphatic carbocycles. The van der Waals surface area contributed by atoms with Crippen molar-refractivity contribution < 1.29 is 13.5 Å². The Labute approximate surface area is 143 Å². The largest absolute Gasteiger partial charge is 0.392 e. The fourth-order valence-corrected chi connectivity index (χ4v) is 3.63. The summed E-state index contributed by atoms with van der Waals surface area (Å²) in [6.07, 6.45) is 6.00. The molecule has 24 heavy (non-hydrogen) atoms. The number of hydrogen-bond acceptors (Lipinski definition) is 5. The first-order valence-electron chi connectivity index (χ1n) is 7.47. The highest BCUT2D eigenvalue weighted by atomic mass is 32.2. The van der Waals surface area contributed by atoms with Crippen molar-refractivity contribution in [3.63, 3.8) is 0 Å². The van der Waals surface area contributed by atoms with Gasteiger partial charge < -0.3 is 15.4 Å². The van der Waals surface area contributed by atoms with Crippen LogP contribution in [0.25, 0.3) is 0 Å². The molecule has 0 fully saturated rings. The molecule has 2 heterocycles. The fourth-order valence-electron chi connectivity index (χ4n) is 2.55. The van der Waals surface area contributed by atoms with Crippen LogP contribution < -0.4 is 10.6 Å². The minimum Gasteiger partial charge on any atom is -0.392 e. The van der Waals surface area contributed by atoms with Gasteiger partial charge in [-0.25, -0.2) is 8.78 Å². The Morgan fingerprint density at radius 1 is 1.33 bits per heavy atom. The fraction of sp³-hybridized carbons (Fsp3) is 0.312. The number of nitrogens with zero attached hydrogens (tertiary/aromatic N) is 3. The molecule has 3 rings (SSSR count). The molecule has 1 unspecified atom stereocenters. The number of aryl methyl sites for hydroxylation is 1. The van der Waals surface area contributed by atoms with Gasteiger partial charge in [-0.05, 0) is 18.6 Å². The average Bonchev–Trinajstić information content (AvgIpc) is 3.14. The Balaban J connectivity index is 1.85. The summed E-state index contributed by atoms with van der Waals surface area (Å²) < 4.78 is 35.1. The van der Waals surface area contributed by atoms with Gasteiger partial charge in [0.15, 0.2) is 0 Å². The first-order valence-corrected chi connectivity index (χ1v) is 8.35. The van der Waals surface area contributed by atoms with Crippen molar-refractivity contribution in [2.75, 3.05) is 18.6 Å². The standard InChI is InChI=1S/C16H18F2N4OS/c1-23-7-3-6-21-9-11(8-20-21)22-10-14(19)24-16(22)15-12(17)4-2-5-13(15)18/h2,4-5,8-10,16H,3,6-7,19H2,1H3. The molecule has 2 aromatic rings. The first kappa shape index (κ1) is 16.8. The Bertz CT molecular complexity index is 729. The summed E-state index contributed by atoms with van der Waals surface area (Å²) in [5.41, 5.74) is 6.61. The summed E-state index contributed by atoms with van der Waals surface area (Å²) in [6.45, 7) is 1.34. The van der Waals surface area contributed by atoms with Gasteiger partial charge in [0, 0.05) is 32.7 Å². The lowest BCUT2D eigenvalue weighted by Gasteiger charge is -2.24. The van der Waals surface area contributed by atoms with E-state index in [1.54, 1.807) is 29.1 Å². The molecule has 128 valence electrons. The quantitative estimate of drug-likeness (QED) is 0.809. The Morgan fingerprint density at radius 2 is 2.08 bits per heavy atom. The lowest BCUT2D eigenvalue weighted by Crippen LogP contribution is -2.19. The summed E-state index contributed by atoms with van der Waals surface area (Å²) in [7, 11) is 1.65. The van der Waals surface area contributed by atoms with E-state index in [-0.39, 0.29) is 5.56 Å². The van der Waals surface area contributed by atoms with Gasteiger partial charge in [-0.1, -0.05) is 17.8 Å². The second kappa shape index (κ2) is 7.23. The predicted octanol–water partition coefficient (Wildman–Crippen LogP) is 3.21. The van der Waals surface area contributed by atoms with Crippen LogP contribution in [0.4, 0.5) is 14.5 Å². The summed E-state index contributed by atoms with van der Waals surface area (Å²) in [4.78, 5) is 1.74. The van der Waals surface area contributed by atoms with Crippen LogP contribution in [0.5, 0.6) is 0 Å². The first-order chi connectivity index (χ1) is 11.6. The van der Waals surface area contributed by atoms with Crippen molar-refractivity contribution in [2.24, 2.45) is 5.73 Å². The highest BCUT2D eigenvalue weighted by Gasteiger charge is 2.32. The van der Waals surface area contributed by atoms with Crippen molar-refractivity contribution in [1.82, 2.24) is 9.78 Å². The molecular weight excluding hydrogens is 334 g/mol. The molecular formula is C16H18F2N4OS. The molecule has 0 radical (unpaired) electrons. The van der Waals surface area contributed by atoms with Crippen LogP contribution in [0.2, 0.25) is 0 Å². The summed E-state index contributed by atoms with van der Waals surface area (Å²) in [5, 5.41) is 4.18. The maximum Gasteiger partial charge on any atom is 0.132 e. The van der Waals surface area contributed by atoms with E-state index in [9.17, 15) is 8.78 Å². The molecule has 1 aliphatic rings. The highest BCUT2D eigenvalue weighted by molar-refractivity contribution is 8.03. The normalized spacial score (nSPS) is 17.4. The van der Waals surface area contributed by atoms with Crippen LogP contribution in [0.1, 0.15) is 17.4 Å². The van der Waals surface area contributed by atoms with Crippen molar-refractivity contribution in [3.8, 4) is 0 Å². The van der Waals surface area contributed by atoms with E-state index in [0.717, 1.165) is 12.1 Å². The topological polar surface area (TPSA) is 56.3 Å². The van der Waals surface area contributed by atoms with Crippen molar-refractivity contribution in [3.05, 3.63) is 59.0 Å². The van der Waals surface area contributed by atoms with Gasteiger partial charge in [0.1, 0.15) is 17.0 Å². The van der Waals surface area contributed by atoms with Crippen molar-refractivity contribution >= 4 is 17.4 Å². The van der Waals surface area contributed by atoms with Crippen LogP contribution in [-0.2, 0) is 11.3 Å². The van der Waals surface area contributed by atoms with E-state index in [4.69, 9.17) is 10.5 Å². The Morgan fingerprint density at radius 3 is 2.79 bits per heavy atom. The van der Waals surface area contributed by atoms with Gasteiger partial charge in [0.2, 0.25) is 0 Å². The van der Waals surface area contributed by atoms with Crippen LogP contribution >= 0.6 is 11.8 Å². The highest BCUT2D eigenvalue weighted by Crippen LogP contribution is 2.45. The molecule has 1 aliphatic heterocycles. The monoisotopic (exact) mass is 352 g/mol. The van der Waals surface area contributed by atoms with Gasteiger partial charge in [-0.15, -0.1) is 0 Å². The number of benzene rings is 1. The summed E-state index contributed by atoms with van der Waals surface area (Å²) >= 11 is 1.21. The number of halogens is 2. The number of nitrogens with two attached hydrogens (primary N) is 1. The molecule has 0 bridgehead atoms. The SMILES string of the molecule is COCCCn1cc(N2C=C(N)SC2c2c(F)cccc2F)cn1. The molecule has 1 aromatic carbocycles. The molecule has 0 saturated carbocycles. The number of methoxy groups -OCH3 is 1. The zero-order chi connectivity index (χ0) is 17.1. The number of ether oxygens (including phenoxy) is 1. The van der Waals surface area contributed by atoms with E-state index < -0.39 is 17.0 Å². The molecule has 5 nitrogen and oxygen atoms in total. The lowest BCUT2D eigenvalue weighted by atomic mass is 10.2. The van der Waals surface area contributed by atoms with E-state index >= 15 is 0 Å². The molecule has 2 N–H and O–H groups in total. The van der Waals surface area contributed by atoms with E-state index in [1.165, 1.54) is 30.0 Å². The van der Waals surface area contributed by atoms with Crippen molar-refractivity contribution in [1.29, 1.82) is 0 Å². The molecule has 0 saturated heterocycles. The third-order valence-corrected chi connectivity index (χ3v) is 4.73. The number of aromatic nitrogens is 2. The second-order valence-electron chi connectivity index (χ2n) is 5.35. The minimum absolute atomic E-state index is 0.00803.